The van der Waals surface area contributed by atoms with E-state index in [9.17, 15) is 4.79 Å². The van der Waals surface area contributed by atoms with Crippen LogP contribution in [0.3, 0.4) is 0 Å². The second kappa shape index (κ2) is 10.5. The third-order valence-electron chi connectivity index (χ3n) is 4.61. The normalized spacial score (nSPS) is 15.9. The first-order chi connectivity index (χ1) is 13.0. The summed E-state index contributed by atoms with van der Waals surface area (Å²) >= 11 is 0. The van der Waals surface area contributed by atoms with Crippen LogP contribution >= 0.6 is 0 Å². The minimum atomic E-state index is 0.149. The summed E-state index contributed by atoms with van der Waals surface area (Å²) < 4.78 is 0. The lowest BCUT2D eigenvalue weighted by Crippen LogP contribution is -2.50. The number of carbonyl (C=O) groups excluding carboxylic acids is 1. The van der Waals surface area contributed by atoms with Crippen LogP contribution in [0.2, 0.25) is 0 Å². The topological polar surface area (TPSA) is 83.8 Å². The van der Waals surface area contributed by atoms with Crippen LogP contribution in [0.4, 0.5) is 0 Å². The van der Waals surface area contributed by atoms with E-state index in [4.69, 9.17) is 5.26 Å². The number of nitrogens with one attached hydrogen (secondary N) is 2. The van der Waals surface area contributed by atoms with Gasteiger partial charge in [-0.3, -0.25) is 9.69 Å². The molecule has 0 atom stereocenters. The number of amides is 1. The number of nitriles is 1. The molecule has 0 radical (unpaired) electrons. The van der Waals surface area contributed by atoms with Crippen molar-refractivity contribution in [2.75, 3.05) is 40.3 Å². The summed E-state index contributed by atoms with van der Waals surface area (Å²) in [5.41, 5.74) is 1.67. The van der Waals surface area contributed by atoms with Gasteiger partial charge in [-0.25, -0.2) is 4.99 Å². The molecular weight excluding hydrogens is 340 g/mol. The maximum Gasteiger partial charge on any atom is 0.236 e. The Labute approximate surface area is 162 Å². The number of piperidine rings is 1. The van der Waals surface area contributed by atoms with Gasteiger partial charge in [-0.2, -0.15) is 5.26 Å². The van der Waals surface area contributed by atoms with E-state index >= 15 is 0 Å². The van der Waals surface area contributed by atoms with Crippen LogP contribution in [-0.2, 0) is 11.3 Å². The van der Waals surface area contributed by atoms with E-state index in [0.29, 0.717) is 24.7 Å². The number of hydrogen-bond donors (Lipinski definition) is 2. The minimum Gasteiger partial charge on any atom is -0.357 e. The van der Waals surface area contributed by atoms with Gasteiger partial charge in [-0.15, -0.1) is 0 Å². The Bertz CT molecular complexity index is 686. The van der Waals surface area contributed by atoms with Crippen molar-refractivity contribution in [2.24, 2.45) is 4.99 Å². The Hall–Kier alpha value is -2.59. The zero-order valence-corrected chi connectivity index (χ0v) is 16.5. The Kier molecular flexibility index (Phi) is 8.08. The zero-order valence-electron chi connectivity index (χ0n) is 16.5. The maximum absolute atomic E-state index is 11.8. The predicted octanol–water partition coefficient (Wildman–Crippen LogP) is 1.17. The van der Waals surface area contributed by atoms with Crippen LogP contribution < -0.4 is 10.6 Å². The summed E-state index contributed by atoms with van der Waals surface area (Å²) in [7, 11) is 3.59. The molecule has 0 unspecified atom stereocenters. The van der Waals surface area contributed by atoms with Crippen LogP contribution in [0, 0.1) is 11.3 Å². The highest BCUT2D eigenvalue weighted by molar-refractivity contribution is 5.80. The predicted molar refractivity (Wildman–Crippen MR) is 107 cm³/mol. The van der Waals surface area contributed by atoms with Gasteiger partial charge in [0.25, 0.3) is 0 Å². The highest BCUT2D eigenvalue weighted by atomic mass is 16.2. The highest BCUT2D eigenvalue weighted by Gasteiger charge is 2.21. The Morgan fingerprint density at radius 2 is 2.11 bits per heavy atom. The van der Waals surface area contributed by atoms with Crippen LogP contribution in [-0.4, -0.2) is 68.0 Å². The molecule has 0 spiro atoms. The maximum atomic E-state index is 11.8. The summed E-state index contributed by atoms with van der Waals surface area (Å²) in [6.07, 6.45) is 1.96. The second-order valence-electron chi connectivity index (χ2n) is 6.99. The monoisotopic (exact) mass is 370 g/mol. The lowest BCUT2D eigenvalue weighted by molar-refractivity contribution is -0.130. The molecule has 146 valence electrons. The quantitative estimate of drug-likeness (QED) is 0.580. The molecular formula is C20H30N6O. The third-order valence-corrected chi connectivity index (χ3v) is 4.61. The van der Waals surface area contributed by atoms with Gasteiger partial charge in [0.2, 0.25) is 5.91 Å². The van der Waals surface area contributed by atoms with E-state index in [0.717, 1.165) is 44.0 Å². The molecule has 1 aromatic rings. The standard InChI is InChI=1S/C20H30N6O/c1-4-22-20(23-14-17-7-5-6-16(12-17)13-21)24-18-8-10-26(11-9-18)15-19(27)25(2)3/h5-7,12,18H,4,8-11,14-15H2,1-3H3,(H2,22,23,24). The Balaban J connectivity index is 1.87. The summed E-state index contributed by atoms with van der Waals surface area (Å²) in [5.74, 6) is 0.943. The fourth-order valence-corrected chi connectivity index (χ4v) is 2.99. The van der Waals surface area contributed by atoms with E-state index in [1.807, 2.05) is 25.1 Å². The van der Waals surface area contributed by atoms with Crippen LogP contribution in [0.5, 0.6) is 0 Å². The van der Waals surface area contributed by atoms with Crippen LogP contribution in [0.25, 0.3) is 0 Å². The molecule has 1 heterocycles. The van der Waals surface area contributed by atoms with Crippen molar-refractivity contribution in [1.82, 2.24) is 20.4 Å². The van der Waals surface area contributed by atoms with Crippen molar-refractivity contribution >= 4 is 11.9 Å². The van der Waals surface area contributed by atoms with Crippen molar-refractivity contribution in [3.63, 3.8) is 0 Å². The van der Waals surface area contributed by atoms with E-state index in [1.54, 1.807) is 25.1 Å². The fourth-order valence-electron chi connectivity index (χ4n) is 2.99. The fraction of sp³-hybridized carbons (Fsp3) is 0.550. The summed E-state index contributed by atoms with van der Waals surface area (Å²) in [6, 6.07) is 10.0. The lowest BCUT2D eigenvalue weighted by Gasteiger charge is -2.33. The molecule has 7 heteroatoms. The van der Waals surface area contributed by atoms with Crippen molar-refractivity contribution in [1.29, 1.82) is 5.26 Å². The minimum absolute atomic E-state index is 0.149. The van der Waals surface area contributed by atoms with Gasteiger partial charge in [0.05, 0.1) is 24.7 Å². The molecule has 2 N–H and O–H groups in total. The van der Waals surface area contributed by atoms with Gasteiger partial charge >= 0.3 is 0 Å². The first-order valence-electron chi connectivity index (χ1n) is 9.48. The van der Waals surface area contributed by atoms with E-state index in [1.165, 1.54) is 0 Å². The third kappa shape index (κ3) is 6.91. The Morgan fingerprint density at radius 3 is 2.74 bits per heavy atom. The van der Waals surface area contributed by atoms with Gasteiger partial charge in [0.15, 0.2) is 5.96 Å². The molecule has 2 rings (SSSR count). The number of nitrogens with zero attached hydrogens (tertiary/aromatic N) is 4. The number of guanidine groups is 1. The molecule has 0 saturated carbocycles. The van der Waals surface area contributed by atoms with Crippen LogP contribution in [0.1, 0.15) is 30.9 Å². The van der Waals surface area contributed by atoms with Crippen molar-refractivity contribution in [3.05, 3.63) is 35.4 Å². The molecule has 1 aliphatic heterocycles. The lowest BCUT2D eigenvalue weighted by atomic mass is 10.1. The number of likely N-dealkylation sites (N-methyl/N-ethyl adjacent to an activating group) is 1. The summed E-state index contributed by atoms with van der Waals surface area (Å²) in [5, 5.41) is 15.8. The molecule has 1 amide bonds. The number of benzene rings is 1. The van der Waals surface area contributed by atoms with Crippen molar-refractivity contribution in [2.45, 2.75) is 32.4 Å². The van der Waals surface area contributed by atoms with E-state index in [-0.39, 0.29) is 5.91 Å². The number of likely N-dealkylation sites (tertiary alicyclic amines) is 1. The molecule has 0 aromatic heterocycles. The molecule has 0 aliphatic carbocycles. The van der Waals surface area contributed by atoms with Crippen molar-refractivity contribution < 1.29 is 4.79 Å². The number of rotatable bonds is 6. The smallest absolute Gasteiger partial charge is 0.236 e. The van der Waals surface area contributed by atoms with E-state index in [2.05, 4.69) is 26.6 Å². The van der Waals surface area contributed by atoms with Gasteiger partial charge in [0, 0.05) is 39.8 Å². The first kappa shape index (κ1) is 20.7. The zero-order chi connectivity index (χ0) is 19.6. The molecule has 0 bridgehead atoms. The largest absolute Gasteiger partial charge is 0.357 e. The molecule has 1 aliphatic rings. The number of hydrogen-bond acceptors (Lipinski definition) is 4. The van der Waals surface area contributed by atoms with Crippen molar-refractivity contribution in [3.8, 4) is 6.07 Å². The number of aliphatic imine (C=N–C) groups is 1. The van der Waals surface area contributed by atoms with Gasteiger partial charge in [-0.1, -0.05) is 12.1 Å². The van der Waals surface area contributed by atoms with Gasteiger partial charge in [0.1, 0.15) is 0 Å². The molecule has 1 fully saturated rings. The van der Waals surface area contributed by atoms with Gasteiger partial charge in [-0.05, 0) is 37.5 Å². The molecule has 1 aromatic carbocycles. The van der Waals surface area contributed by atoms with Crippen LogP contribution in [0.15, 0.2) is 29.3 Å². The average molecular weight is 371 g/mol. The summed E-state index contributed by atoms with van der Waals surface area (Å²) in [6.45, 7) is 5.66. The average Bonchev–Trinajstić information content (AvgIpc) is 2.67. The second-order valence-corrected chi connectivity index (χ2v) is 6.99. The van der Waals surface area contributed by atoms with E-state index < -0.39 is 0 Å². The SMILES string of the molecule is CCNC(=NCc1cccc(C#N)c1)NC1CCN(CC(=O)N(C)C)CC1. The number of carbonyl (C=O) groups is 1. The highest BCUT2D eigenvalue weighted by Crippen LogP contribution is 2.11. The summed E-state index contributed by atoms with van der Waals surface area (Å²) in [4.78, 5) is 20.3. The Morgan fingerprint density at radius 1 is 1.37 bits per heavy atom. The first-order valence-corrected chi connectivity index (χ1v) is 9.48. The molecule has 27 heavy (non-hydrogen) atoms. The molecule has 7 nitrogen and oxygen atoms in total. The molecule has 1 saturated heterocycles. The van der Waals surface area contributed by atoms with Gasteiger partial charge < -0.3 is 15.5 Å².